The molecule has 1 N–H and O–H groups in total. The topological polar surface area (TPSA) is 53.0 Å². The van der Waals surface area contributed by atoms with E-state index in [1.54, 1.807) is 6.08 Å². The highest BCUT2D eigenvalue weighted by Gasteiger charge is 2.66. The third kappa shape index (κ3) is 4.20. The van der Waals surface area contributed by atoms with Gasteiger partial charge >= 0.3 is 0 Å². The van der Waals surface area contributed by atoms with Gasteiger partial charge in [0.15, 0.2) is 11.5 Å². The van der Waals surface area contributed by atoms with E-state index in [2.05, 4.69) is 67.3 Å². The van der Waals surface area contributed by atoms with E-state index in [9.17, 15) is 9.90 Å². The molecule has 6 atom stereocenters. The molecule has 212 valence electrons. The first-order valence-electron chi connectivity index (χ1n) is 15.2. The van der Waals surface area contributed by atoms with Crippen molar-refractivity contribution in [2.75, 3.05) is 20.1 Å². The van der Waals surface area contributed by atoms with Crippen molar-refractivity contribution >= 4 is 12.0 Å². The van der Waals surface area contributed by atoms with Gasteiger partial charge in [-0.2, -0.15) is 0 Å². The number of aromatic hydroxyl groups is 1. The van der Waals surface area contributed by atoms with E-state index in [1.165, 1.54) is 22.3 Å². The van der Waals surface area contributed by atoms with Crippen LogP contribution in [-0.2, 0) is 16.6 Å². The summed E-state index contributed by atoms with van der Waals surface area (Å²) in [5.41, 5.74) is 5.97. The maximum atomic E-state index is 13.5. The maximum Gasteiger partial charge on any atom is 0.246 e. The number of amides is 1. The van der Waals surface area contributed by atoms with Crippen molar-refractivity contribution in [3.63, 3.8) is 0 Å². The van der Waals surface area contributed by atoms with E-state index in [0.29, 0.717) is 23.6 Å². The molecule has 7 rings (SSSR count). The van der Waals surface area contributed by atoms with E-state index in [0.717, 1.165) is 44.3 Å². The average Bonchev–Trinajstić information content (AvgIpc) is 3.34. The van der Waals surface area contributed by atoms with E-state index < -0.39 is 0 Å². The number of benzene rings is 3. The molecule has 2 aliphatic heterocycles. The van der Waals surface area contributed by atoms with Crippen molar-refractivity contribution in [3.05, 3.63) is 101 Å². The van der Waals surface area contributed by atoms with Crippen LogP contribution in [0.2, 0.25) is 0 Å². The second-order valence-electron chi connectivity index (χ2n) is 12.8. The Hall–Kier alpha value is -3.57. The Morgan fingerprint density at radius 2 is 1.98 bits per heavy atom. The Balaban J connectivity index is 1.19. The van der Waals surface area contributed by atoms with Gasteiger partial charge in [0.25, 0.3) is 0 Å². The van der Waals surface area contributed by atoms with Crippen molar-refractivity contribution in [2.45, 2.75) is 69.1 Å². The number of carbonyl (C=O) groups is 1. The predicted molar refractivity (Wildman–Crippen MR) is 162 cm³/mol. The third-order valence-corrected chi connectivity index (χ3v) is 10.6. The van der Waals surface area contributed by atoms with Gasteiger partial charge in [-0.25, -0.2) is 0 Å². The summed E-state index contributed by atoms with van der Waals surface area (Å²) >= 11 is 0. The van der Waals surface area contributed by atoms with Crippen molar-refractivity contribution in [1.29, 1.82) is 0 Å². The number of phenolic OH excluding ortho intramolecular Hbond substituents is 1. The molecule has 5 heteroatoms. The molecule has 4 aliphatic rings. The molecule has 0 radical (unpaired) electrons. The summed E-state index contributed by atoms with van der Waals surface area (Å²) in [4.78, 5) is 18.1. The normalized spacial score (nSPS) is 28.7. The zero-order valence-electron chi connectivity index (χ0n) is 24.3. The molecule has 5 nitrogen and oxygen atoms in total. The van der Waals surface area contributed by atoms with Gasteiger partial charge in [0.2, 0.25) is 5.91 Å². The summed E-state index contributed by atoms with van der Waals surface area (Å²) in [6.45, 7) is 6.45. The number of piperidine rings is 1. The Morgan fingerprint density at radius 3 is 2.78 bits per heavy atom. The molecular formula is C36H40N2O3. The Labute approximate surface area is 243 Å². The zero-order valence-corrected chi connectivity index (χ0v) is 24.3. The van der Waals surface area contributed by atoms with E-state index >= 15 is 0 Å². The molecule has 3 aromatic carbocycles. The SMILES string of the molecule is Cc1cccc(C=CC(=O)N(C)[C@H]2CC[C@H]3[C@H]4Cc5ccc(O)c6c5[C@@]3(CCN4CC(C)c3ccccc3)[C@H]2O6)c1. The lowest BCUT2D eigenvalue weighted by molar-refractivity contribution is -0.135. The summed E-state index contributed by atoms with van der Waals surface area (Å²) in [5.74, 6) is 1.80. The van der Waals surface area contributed by atoms with Gasteiger partial charge in [-0.05, 0) is 79.8 Å². The lowest BCUT2D eigenvalue weighted by atomic mass is 9.51. The number of aryl methyl sites for hydroxylation is 1. The highest BCUT2D eigenvalue weighted by atomic mass is 16.5. The van der Waals surface area contributed by atoms with Crippen molar-refractivity contribution in [1.82, 2.24) is 9.80 Å². The van der Waals surface area contributed by atoms with Gasteiger partial charge in [-0.15, -0.1) is 0 Å². The molecule has 0 aromatic heterocycles. The molecule has 1 saturated carbocycles. The maximum absolute atomic E-state index is 13.5. The fourth-order valence-electron chi connectivity index (χ4n) is 8.68. The summed E-state index contributed by atoms with van der Waals surface area (Å²) in [7, 11) is 1.93. The number of nitrogens with zero attached hydrogens (tertiary/aromatic N) is 2. The lowest BCUT2D eigenvalue weighted by Gasteiger charge is -2.60. The summed E-state index contributed by atoms with van der Waals surface area (Å²) in [6, 6.07) is 23.4. The van der Waals surface area contributed by atoms with Crippen LogP contribution in [0.25, 0.3) is 6.08 Å². The molecule has 1 saturated heterocycles. The molecule has 2 bridgehead atoms. The smallest absolute Gasteiger partial charge is 0.246 e. The highest BCUT2D eigenvalue weighted by Crippen LogP contribution is 2.64. The minimum Gasteiger partial charge on any atom is -0.504 e. The zero-order chi connectivity index (χ0) is 28.3. The number of hydrogen-bond acceptors (Lipinski definition) is 4. The molecule has 2 fully saturated rings. The van der Waals surface area contributed by atoms with Gasteiger partial charge in [0, 0.05) is 36.7 Å². The Bertz CT molecular complexity index is 1500. The van der Waals surface area contributed by atoms with Crippen LogP contribution >= 0.6 is 0 Å². The van der Waals surface area contributed by atoms with Crippen LogP contribution in [0.1, 0.15) is 59.9 Å². The molecule has 2 aliphatic carbocycles. The highest BCUT2D eigenvalue weighted by molar-refractivity contribution is 5.92. The number of hydrogen-bond donors (Lipinski definition) is 1. The van der Waals surface area contributed by atoms with Crippen molar-refractivity contribution < 1.29 is 14.6 Å². The predicted octanol–water partition coefficient (Wildman–Crippen LogP) is 6.08. The molecule has 2 heterocycles. The molecule has 3 aromatic rings. The van der Waals surface area contributed by atoms with Crippen LogP contribution in [0, 0.1) is 12.8 Å². The standard InChI is InChI=1S/C36H40N2O3/c1-23-8-7-9-25(20-23)12-17-32(40)37(3)29-15-14-28-30-21-27-13-16-31(39)34-33(27)36(28,35(29)41-34)18-19-38(30)22-24(2)26-10-5-4-6-11-26/h4-13,16-17,20,24,28-30,35,39H,14-15,18-19,21-22H2,1-3H3/t24?,28-,29-,30+,35-,36-/m0/s1. The van der Waals surface area contributed by atoms with Crippen LogP contribution in [-0.4, -0.2) is 59.1 Å². The second-order valence-corrected chi connectivity index (χ2v) is 12.8. The molecule has 41 heavy (non-hydrogen) atoms. The summed E-state index contributed by atoms with van der Waals surface area (Å²) in [5, 5.41) is 10.9. The van der Waals surface area contributed by atoms with Crippen LogP contribution in [0.4, 0.5) is 0 Å². The number of carbonyl (C=O) groups excluding carboxylic acids is 1. The second kappa shape index (κ2) is 10.1. The molecular weight excluding hydrogens is 508 g/mol. The first kappa shape index (κ1) is 26.3. The van der Waals surface area contributed by atoms with Crippen LogP contribution in [0.15, 0.2) is 72.8 Å². The minimum absolute atomic E-state index is 0.00293. The third-order valence-electron chi connectivity index (χ3n) is 10.6. The first-order chi connectivity index (χ1) is 19.9. The fraction of sp³-hybridized carbons (Fsp3) is 0.417. The summed E-state index contributed by atoms with van der Waals surface area (Å²) in [6.07, 6.45) is 7.39. The average molecular weight is 549 g/mol. The van der Waals surface area contributed by atoms with Crippen LogP contribution in [0.5, 0.6) is 11.5 Å². The lowest BCUT2D eigenvalue weighted by Crippen LogP contribution is -2.69. The van der Waals surface area contributed by atoms with E-state index in [1.807, 2.05) is 36.2 Å². The number of likely N-dealkylation sites (tertiary alicyclic amines) is 1. The molecule has 1 amide bonds. The minimum atomic E-state index is -0.170. The van der Waals surface area contributed by atoms with Gasteiger partial charge in [0.1, 0.15) is 6.10 Å². The van der Waals surface area contributed by atoms with Gasteiger partial charge in [-0.3, -0.25) is 9.69 Å². The van der Waals surface area contributed by atoms with Crippen LogP contribution < -0.4 is 4.74 Å². The number of ether oxygens (including phenoxy) is 1. The fourth-order valence-corrected chi connectivity index (χ4v) is 8.68. The monoisotopic (exact) mass is 548 g/mol. The quantitative estimate of drug-likeness (QED) is 0.379. The molecule has 1 unspecified atom stereocenters. The van der Waals surface area contributed by atoms with Gasteiger partial charge < -0.3 is 14.7 Å². The Kier molecular flexibility index (Phi) is 6.46. The van der Waals surface area contributed by atoms with Crippen molar-refractivity contribution in [3.8, 4) is 11.5 Å². The van der Waals surface area contributed by atoms with E-state index in [-0.39, 0.29) is 29.2 Å². The number of phenols is 1. The first-order valence-corrected chi connectivity index (χ1v) is 15.2. The number of rotatable bonds is 6. The van der Waals surface area contributed by atoms with Gasteiger partial charge in [-0.1, -0.05) is 73.2 Å². The number of likely N-dealkylation sites (N-methyl/N-ethyl adjacent to an activating group) is 1. The largest absolute Gasteiger partial charge is 0.504 e. The van der Waals surface area contributed by atoms with Gasteiger partial charge in [0.05, 0.1) is 6.04 Å². The summed E-state index contributed by atoms with van der Waals surface area (Å²) < 4.78 is 6.77. The molecule has 1 spiro atoms. The Morgan fingerprint density at radius 1 is 1.15 bits per heavy atom. The van der Waals surface area contributed by atoms with E-state index in [4.69, 9.17) is 4.74 Å². The van der Waals surface area contributed by atoms with Crippen molar-refractivity contribution in [2.24, 2.45) is 5.92 Å². The van der Waals surface area contributed by atoms with Crippen LogP contribution in [0.3, 0.4) is 0 Å².